The minimum atomic E-state index is -0.346. The van der Waals surface area contributed by atoms with Crippen LogP contribution < -0.4 is 15.6 Å². The number of anilines is 2. The van der Waals surface area contributed by atoms with Crippen LogP contribution in [0.15, 0.2) is 41.5 Å². The lowest BCUT2D eigenvalue weighted by molar-refractivity contribution is 0.252. The van der Waals surface area contributed by atoms with Crippen LogP contribution in [-0.2, 0) is 0 Å². The fourth-order valence-electron chi connectivity index (χ4n) is 3.17. The maximum absolute atomic E-state index is 12.0. The van der Waals surface area contributed by atoms with E-state index in [1.165, 1.54) is 18.5 Å². The fraction of sp³-hybridized carbons (Fsp3) is 0.333. The molecule has 26 heavy (non-hydrogen) atoms. The highest BCUT2D eigenvalue weighted by Gasteiger charge is 2.12. The fourth-order valence-corrected chi connectivity index (χ4v) is 3.17. The molecule has 2 amide bonds. The minimum absolute atomic E-state index is 0.346. The molecule has 1 heterocycles. The van der Waals surface area contributed by atoms with Crippen molar-refractivity contribution in [3.8, 4) is 0 Å². The number of nitrogens with one attached hydrogen (secondary N) is 2. The molecule has 0 bridgehead atoms. The molecule has 2 N–H and O–H groups in total. The van der Waals surface area contributed by atoms with Gasteiger partial charge in [-0.3, -0.25) is 0 Å². The molecule has 3 rings (SSSR count). The lowest BCUT2D eigenvalue weighted by Gasteiger charge is -2.18. The SMILES string of the molecule is Cc1cc(N2CCCC2)ccc1/C=N/NC(=O)Nc1cccc(C)c1C. The lowest BCUT2D eigenvalue weighted by atomic mass is 10.1. The maximum Gasteiger partial charge on any atom is 0.339 e. The van der Waals surface area contributed by atoms with E-state index in [1.54, 1.807) is 6.21 Å². The second-order valence-corrected chi connectivity index (χ2v) is 6.81. The first-order chi connectivity index (χ1) is 12.5. The first-order valence-corrected chi connectivity index (χ1v) is 9.06. The average molecular weight is 350 g/mol. The monoisotopic (exact) mass is 350 g/mol. The number of aryl methyl sites for hydroxylation is 2. The summed E-state index contributed by atoms with van der Waals surface area (Å²) in [7, 11) is 0. The van der Waals surface area contributed by atoms with Crippen LogP contribution in [0.1, 0.15) is 35.1 Å². The van der Waals surface area contributed by atoms with Crippen LogP contribution in [0, 0.1) is 20.8 Å². The Bertz CT molecular complexity index is 823. The molecule has 0 saturated carbocycles. The third kappa shape index (κ3) is 4.23. The summed E-state index contributed by atoms with van der Waals surface area (Å²) in [4.78, 5) is 14.4. The highest BCUT2D eigenvalue weighted by Crippen LogP contribution is 2.22. The number of carbonyl (C=O) groups excluding carboxylic acids is 1. The number of urea groups is 1. The van der Waals surface area contributed by atoms with E-state index in [9.17, 15) is 4.79 Å². The summed E-state index contributed by atoms with van der Waals surface area (Å²) in [6.07, 6.45) is 4.22. The number of nitrogens with zero attached hydrogens (tertiary/aromatic N) is 2. The summed E-state index contributed by atoms with van der Waals surface area (Å²) in [5, 5.41) is 6.90. The Morgan fingerprint density at radius 1 is 1.08 bits per heavy atom. The predicted molar refractivity (Wildman–Crippen MR) is 108 cm³/mol. The first kappa shape index (κ1) is 18.0. The standard InChI is InChI=1S/C21H26N4O/c1-15-7-6-8-20(17(15)3)23-21(26)24-22-14-18-9-10-19(13-16(18)2)25-11-4-5-12-25/h6-10,13-14H,4-5,11-12H2,1-3H3,(H2,23,24,26)/b22-14+. The average Bonchev–Trinajstić information content (AvgIpc) is 3.15. The van der Waals surface area contributed by atoms with Gasteiger partial charge in [-0.1, -0.05) is 18.2 Å². The van der Waals surface area contributed by atoms with E-state index < -0.39 is 0 Å². The molecule has 2 aromatic rings. The Morgan fingerprint density at radius 3 is 2.58 bits per heavy atom. The van der Waals surface area contributed by atoms with Crippen LogP contribution in [0.3, 0.4) is 0 Å². The Hall–Kier alpha value is -2.82. The molecule has 1 aliphatic heterocycles. The zero-order chi connectivity index (χ0) is 18.5. The molecule has 5 nitrogen and oxygen atoms in total. The smallest absolute Gasteiger partial charge is 0.339 e. The molecule has 1 fully saturated rings. The van der Waals surface area contributed by atoms with Crippen LogP contribution in [0.4, 0.5) is 16.2 Å². The summed E-state index contributed by atoms with van der Waals surface area (Å²) < 4.78 is 0. The summed E-state index contributed by atoms with van der Waals surface area (Å²) in [5.74, 6) is 0. The van der Waals surface area contributed by atoms with Crippen molar-refractivity contribution in [2.45, 2.75) is 33.6 Å². The number of carbonyl (C=O) groups is 1. The van der Waals surface area contributed by atoms with E-state index in [-0.39, 0.29) is 6.03 Å². The van der Waals surface area contributed by atoms with Crippen LogP contribution in [0.25, 0.3) is 0 Å². The zero-order valence-corrected chi connectivity index (χ0v) is 15.7. The molecule has 5 heteroatoms. The van der Waals surface area contributed by atoms with Gasteiger partial charge >= 0.3 is 6.03 Å². The van der Waals surface area contributed by atoms with Crippen molar-refractivity contribution in [1.29, 1.82) is 0 Å². The summed E-state index contributed by atoms with van der Waals surface area (Å²) in [5.41, 5.74) is 8.93. The molecular formula is C21H26N4O. The zero-order valence-electron chi connectivity index (χ0n) is 15.7. The largest absolute Gasteiger partial charge is 0.372 e. The van der Waals surface area contributed by atoms with E-state index in [1.807, 2.05) is 32.0 Å². The summed E-state index contributed by atoms with van der Waals surface area (Å²) in [6.45, 7) is 8.34. The van der Waals surface area contributed by atoms with Gasteiger partial charge in [0.2, 0.25) is 0 Å². The van der Waals surface area contributed by atoms with Crippen LogP contribution >= 0.6 is 0 Å². The quantitative estimate of drug-likeness (QED) is 0.635. The topological polar surface area (TPSA) is 56.7 Å². The van der Waals surface area contributed by atoms with Crippen LogP contribution in [0.2, 0.25) is 0 Å². The number of hydrogen-bond acceptors (Lipinski definition) is 3. The van der Waals surface area contributed by atoms with Crippen molar-refractivity contribution in [3.05, 3.63) is 58.7 Å². The van der Waals surface area contributed by atoms with Gasteiger partial charge < -0.3 is 10.2 Å². The predicted octanol–water partition coefficient (Wildman–Crippen LogP) is 4.37. The minimum Gasteiger partial charge on any atom is -0.372 e. The molecule has 1 saturated heterocycles. The summed E-state index contributed by atoms with van der Waals surface area (Å²) >= 11 is 0. The van der Waals surface area contributed by atoms with Gasteiger partial charge in [0.1, 0.15) is 0 Å². The van der Waals surface area contributed by atoms with Crippen molar-refractivity contribution in [3.63, 3.8) is 0 Å². The third-order valence-electron chi connectivity index (χ3n) is 4.95. The van der Waals surface area contributed by atoms with E-state index in [0.29, 0.717) is 0 Å². The number of amides is 2. The molecule has 0 atom stereocenters. The van der Waals surface area contributed by atoms with Gasteiger partial charge in [0, 0.05) is 24.5 Å². The lowest BCUT2D eigenvalue weighted by Crippen LogP contribution is -2.24. The molecule has 0 radical (unpaired) electrons. The Kier molecular flexibility index (Phi) is 5.56. The molecule has 0 unspecified atom stereocenters. The second-order valence-electron chi connectivity index (χ2n) is 6.81. The van der Waals surface area contributed by atoms with Crippen molar-refractivity contribution in [2.24, 2.45) is 5.10 Å². The van der Waals surface area contributed by atoms with Crippen molar-refractivity contribution in [1.82, 2.24) is 5.43 Å². The second kappa shape index (κ2) is 8.04. The van der Waals surface area contributed by atoms with E-state index in [4.69, 9.17) is 0 Å². The Morgan fingerprint density at radius 2 is 1.85 bits per heavy atom. The van der Waals surface area contributed by atoms with Gasteiger partial charge in [0.25, 0.3) is 0 Å². The highest BCUT2D eigenvalue weighted by atomic mass is 16.2. The van der Waals surface area contributed by atoms with E-state index in [0.717, 1.165) is 41.0 Å². The van der Waals surface area contributed by atoms with E-state index >= 15 is 0 Å². The van der Waals surface area contributed by atoms with Gasteiger partial charge in [0.15, 0.2) is 0 Å². The third-order valence-corrected chi connectivity index (χ3v) is 4.95. The molecule has 0 aliphatic carbocycles. The van der Waals surface area contributed by atoms with Crippen molar-refractivity contribution >= 4 is 23.6 Å². The van der Waals surface area contributed by atoms with Crippen LogP contribution in [0.5, 0.6) is 0 Å². The van der Waals surface area contributed by atoms with Gasteiger partial charge in [-0.2, -0.15) is 5.10 Å². The maximum atomic E-state index is 12.0. The number of hydrazone groups is 1. The molecule has 0 spiro atoms. The highest BCUT2D eigenvalue weighted by molar-refractivity contribution is 5.91. The summed E-state index contributed by atoms with van der Waals surface area (Å²) in [6, 6.07) is 11.8. The number of benzene rings is 2. The number of rotatable bonds is 4. The first-order valence-electron chi connectivity index (χ1n) is 9.06. The van der Waals surface area contributed by atoms with Gasteiger partial charge in [0.05, 0.1) is 6.21 Å². The van der Waals surface area contributed by atoms with Crippen LogP contribution in [-0.4, -0.2) is 25.3 Å². The molecule has 0 aromatic heterocycles. The number of hydrogen-bond donors (Lipinski definition) is 2. The Balaban J connectivity index is 1.59. The van der Waals surface area contributed by atoms with Gasteiger partial charge in [-0.15, -0.1) is 0 Å². The molecule has 136 valence electrons. The van der Waals surface area contributed by atoms with Crippen molar-refractivity contribution in [2.75, 3.05) is 23.3 Å². The van der Waals surface area contributed by atoms with Crippen molar-refractivity contribution < 1.29 is 4.79 Å². The Labute approximate surface area is 155 Å². The normalized spacial score (nSPS) is 14.0. The molecule has 2 aromatic carbocycles. The molecular weight excluding hydrogens is 324 g/mol. The van der Waals surface area contributed by atoms with E-state index in [2.05, 4.69) is 45.9 Å². The molecule has 1 aliphatic rings. The van der Waals surface area contributed by atoms with Gasteiger partial charge in [-0.25, -0.2) is 10.2 Å². The van der Waals surface area contributed by atoms with Gasteiger partial charge in [-0.05, 0) is 74.1 Å².